The molecule has 0 bridgehead atoms. The molecule has 0 saturated carbocycles. The van der Waals surface area contributed by atoms with Gasteiger partial charge in [0.2, 0.25) is 0 Å². The van der Waals surface area contributed by atoms with Gasteiger partial charge in [-0.25, -0.2) is 4.79 Å². The Bertz CT molecular complexity index is 788. The molecule has 2 saturated heterocycles. The highest BCUT2D eigenvalue weighted by Crippen LogP contribution is 2.28. The van der Waals surface area contributed by atoms with Gasteiger partial charge in [0.1, 0.15) is 16.6 Å². The number of ether oxygens (including phenoxy) is 1. The van der Waals surface area contributed by atoms with Gasteiger partial charge in [-0.3, -0.25) is 0 Å². The van der Waals surface area contributed by atoms with Crippen LogP contribution in [0.3, 0.4) is 0 Å². The molecule has 27 heavy (non-hydrogen) atoms. The maximum atomic E-state index is 11.4. The molecule has 1 amide bonds. The summed E-state index contributed by atoms with van der Waals surface area (Å²) in [4.78, 5) is 15.7. The van der Waals surface area contributed by atoms with E-state index in [0.717, 1.165) is 54.6 Å². The Balaban J connectivity index is 1.27. The van der Waals surface area contributed by atoms with E-state index in [1.165, 1.54) is 5.69 Å². The number of amides is 1. The van der Waals surface area contributed by atoms with Crippen LogP contribution in [-0.4, -0.2) is 66.6 Å². The van der Waals surface area contributed by atoms with Crippen LogP contribution in [0.1, 0.15) is 17.8 Å². The van der Waals surface area contributed by atoms with Crippen molar-refractivity contribution >= 4 is 23.1 Å². The number of carbonyl (C=O) groups excluding carboxylic acids is 1. The average Bonchev–Trinajstić information content (AvgIpc) is 3.31. The second kappa shape index (κ2) is 8.22. The van der Waals surface area contributed by atoms with Crippen LogP contribution in [0.4, 0.5) is 10.5 Å². The van der Waals surface area contributed by atoms with Gasteiger partial charge < -0.3 is 19.9 Å². The normalized spacial score (nSPS) is 18.2. The largest absolute Gasteiger partial charge is 0.448 e. The minimum atomic E-state index is -0.183. The fraction of sp³-hybridized carbons (Fsp3) is 0.526. The van der Waals surface area contributed by atoms with Crippen molar-refractivity contribution < 1.29 is 9.53 Å². The third kappa shape index (κ3) is 4.39. The number of hydrogen-bond acceptors (Lipinski definition) is 7. The fourth-order valence-corrected chi connectivity index (χ4v) is 4.31. The molecular formula is C19H25N5O2S. The van der Waals surface area contributed by atoms with E-state index in [1.54, 1.807) is 16.2 Å². The van der Waals surface area contributed by atoms with E-state index in [9.17, 15) is 4.79 Å². The molecule has 144 valence electrons. The number of anilines is 1. The van der Waals surface area contributed by atoms with Gasteiger partial charge in [-0.05, 0) is 31.9 Å². The van der Waals surface area contributed by atoms with Crippen LogP contribution >= 0.6 is 11.3 Å². The number of nitrogens with one attached hydrogen (secondary N) is 1. The smallest absolute Gasteiger partial charge is 0.409 e. The van der Waals surface area contributed by atoms with Crippen LogP contribution in [-0.2, 0) is 4.74 Å². The zero-order valence-electron chi connectivity index (χ0n) is 15.6. The van der Waals surface area contributed by atoms with Gasteiger partial charge in [-0.2, -0.15) is 0 Å². The van der Waals surface area contributed by atoms with Gasteiger partial charge in [0, 0.05) is 43.5 Å². The van der Waals surface area contributed by atoms with E-state index in [4.69, 9.17) is 4.74 Å². The molecule has 2 aliphatic rings. The quantitative estimate of drug-likeness (QED) is 0.821. The van der Waals surface area contributed by atoms with Crippen molar-refractivity contribution in [3.8, 4) is 10.6 Å². The molecule has 0 atom stereocenters. The molecule has 7 nitrogen and oxygen atoms in total. The Morgan fingerprint density at radius 2 is 2.11 bits per heavy atom. The summed E-state index contributed by atoms with van der Waals surface area (Å²) in [5.74, 6) is 0. The predicted molar refractivity (Wildman–Crippen MR) is 106 cm³/mol. The van der Waals surface area contributed by atoms with Gasteiger partial charge in [0.15, 0.2) is 0 Å². The lowest BCUT2D eigenvalue weighted by Gasteiger charge is -2.34. The topological polar surface area (TPSA) is 70.6 Å². The van der Waals surface area contributed by atoms with Crippen LogP contribution in [0.5, 0.6) is 0 Å². The number of aromatic nitrogens is 2. The molecule has 0 unspecified atom stereocenters. The van der Waals surface area contributed by atoms with Crippen LogP contribution in [0, 0.1) is 6.92 Å². The number of rotatable bonds is 6. The van der Waals surface area contributed by atoms with Crippen molar-refractivity contribution in [2.45, 2.75) is 25.8 Å². The lowest BCUT2D eigenvalue weighted by Crippen LogP contribution is -2.44. The zero-order chi connectivity index (χ0) is 18.6. The summed E-state index contributed by atoms with van der Waals surface area (Å²) in [7, 11) is 0. The standard InChI is InChI=1S/C19H25N5O2S/c1-14-21-22-18(27-14)15-3-2-4-17(13-15)23-8-5-16(6-9-23)20-7-10-24-11-12-26-19(24)25/h2-4,13,16,20H,5-12H2,1H3. The zero-order valence-corrected chi connectivity index (χ0v) is 16.4. The minimum Gasteiger partial charge on any atom is -0.448 e. The van der Waals surface area contributed by atoms with Crippen molar-refractivity contribution in [1.82, 2.24) is 20.4 Å². The number of cyclic esters (lactones) is 1. The molecule has 2 aliphatic heterocycles. The summed E-state index contributed by atoms with van der Waals surface area (Å²) in [6, 6.07) is 9.09. The van der Waals surface area contributed by atoms with Gasteiger partial charge in [0.25, 0.3) is 0 Å². The van der Waals surface area contributed by atoms with Crippen molar-refractivity contribution in [2.75, 3.05) is 44.2 Å². The third-order valence-electron chi connectivity index (χ3n) is 5.14. The highest BCUT2D eigenvalue weighted by Gasteiger charge is 2.23. The van der Waals surface area contributed by atoms with E-state index >= 15 is 0 Å². The number of aryl methyl sites for hydroxylation is 1. The Morgan fingerprint density at radius 1 is 1.26 bits per heavy atom. The predicted octanol–water partition coefficient (Wildman–Crippen LogP) is 2.52. The van der Waals surface area contributed by atoms with Gasteiger partial charge >= 0.3 is 6.09 Å². The monoisotopic (exact) mass is 387 g/mol. The lowest BCUT2D eigenvalue weighted by atomic mass is 10.0. The van der Waals surface area contributed by atoms with Crippen molar-refractivity contribution in [1.29, 1.82) is 0 Å². The minimum absolute atomic E-state index is 0.183. The van der Waals surface area contributed by atoms with Crippen LogP contribution in [0.15, 0.2) is 24.3 Å². The van der Waals surface area contributed by atoms with Crippen molar-refractivity contribution in [3.63, 3.8) is 0 Å². The Morgan fingerprint density at radius 3 is 2.81 bits per heavy atom. The first kappa shape index (κ1) is 18.2. The maximum Gasteiger partial charge on any atom is 0.409 e. The molecule has 2 fully saturated rings. The molecule has 1 aromatic carbocycles. The van der Waals surface area contributed by atoms with Crippen molar-refractivity contribution in [3.05, 3.63) is 29.3 Å². The first-order valence-electron chi connectivity index (χ1n) is 9.49. The Kier molecular flexibility index (Phi) is 5.54. The second-order valence-electron chi connectivity index (χ2n) is 6.99. The molecule has 0 aliphatic carbocycles. The van der Waals surface area contributed by atoms with Crippen molar-refractivity contribution in [2.24, 2.45) is 0 Å². The summed E-state index contributed by atoms with van der Waals surface area (Å²) < 4.78 is 4.96. The number of piperidine rings is 1. The number of carbonyl (C=O) groups is 1. The highest BCUT2D eigenvalue weighted by atomic mass is 32.1. The fourth-order valence-electron chi connectivity index (χ4n) is 3.62. The van der Waals surface area contributed by atoms with E-state index in [0.29, 0.717) is 19.2 Å². The Hall–Kier alpha value is -2.19. The third-order valence-corrected chi connectivity index (χ3v) is 6.03. The summed E-state index contributed by atoms with van der Waals surface area (Å²) in [6.45, 7) is 6.82. The Labute approximate surface area is 163 Å². The first-order chi connectivity index (χ1) is 13.2. The molecule has 3 heterocycles. The van der Waals surface area contributed by atoms with E-state index in [1.807, 2.05) is 6.92 Å². The SMILES string of the molecule is Cc1nnc(-c2cccc(N3CCC(NCCN4CCOC4=O)CC3)c2)s1. The molecule has 0 radical (unpaired) electrons. The van der Waals surface area contributed by atoms with E-state index in [2.05, 4.69) is 44.7 Å². The van der Waals surface area contributed by atoms with Gasteiger partial charge in [-0.15, -0.1) is 10.2 Å². The van der Waals surface area contributed by atoms with E-state index < -0.39 is 0 Å². The van der Waals surface area contributed by atoms with Crippen LogP contribution < -0.4 is 10.2 Å². The maximum absolute atomic E-state index is 11.4. The van der Waals surface area contributed by atoms with Gasteiger partial charge in [-0.1, -0.05) is 23.5 Å². The molecule has 4 rings (SSSR count). The van der Waals surface area contributed by atoms with E-state index in [-0.39, 0.29) is 6.09 Å². The number of nitrogens with zero attached hydrogens (tertiary/aromatic N) is 4. The molecule has 1 N–H and O–H groups in total. The molecule has 8 heteroatoms. The lowest BCUT2D eigenvalue weighted by molar-refractivity contribution is 0.158. The summed E-state index contributed by atoms with van der Waals surface area (Å²) in [5, 5.41) is 13.9. The summed E-state index contributed by atoms with van der Waals surface area (Å²) >= 11 is 1.63. The molecular weight excluding hydrogens is 362 g/mol. The van der Waals surface area contributed by atoms with Gasteiger partial charge in [0.05, 0.1) is 6.54 Å². The first-order valence-corrected chi connectivity index (χ1v) is 10.3. The number of hydrogen-bond donors (Lipinski definition) is 1. The summed E-state index contributed by atoms with van der Waals surface area (Å²) in [5.41, 5.74) is 2.38. The summed E-state index contributed by atoms with van der Waals surface area (Å²) in [6.07, 6.45) is 2.02. The highest BCUT2D eigenvalue weighted by molar-refractivity contribution is 7.14. The molecule has 0 spiro atoms. The number of benzene rings is 1. The molecule has 2 aromatic rings. The van der Waals surface area contributed by atoms with Crippen LogP contribution in [0.25, 0.3) is 10.6 Å². The average molecular weight is 388 g/mol. The second-order valence-corrected chi connectivity index (χ2v) is 8.18. The van der Waals surface area contributed by atoms with Crippen LogP contribution in [0.2, 0.25) is 0 Å². The molecule has 1 aromatic heterocycles.